The number of likely N-dealkylation sites (N-methyl/N-ethyl adjacent to an activating group) is 1. The Morgan fingerprint density at radius 2 is 1.79 bits per heavy atom. The number of hydrogen-bond acceptors (Lipinski definition) is 5. The molecule has 3 rings (SSSR count). The summed E-state index contributed by atoms with van der Waals surface area (Å²) in [5.74, 6) is 0.503. The average Bonchev–Trinajstić information content (AvgIpc) is 2.73. The molecule has 6 nitrogen and oxygen atoms in total. The molecule has 0 fully saturated rings. The lowest BCUT2D eigenvalue weighted by molar-refractivity contribution is 0.0987. The smallest absolute Gasteiger partial charge is 0.261 e. The molecule has 0 atom stereocenters. The molecule has 0 saturated heterocycles. The molecule has 2 aromatic heterocycles. The molecule has 0 saturated carbocycles. The van der Waals surface area contributed by atoms with E-state index >= 15 is 0 Å². The van der Waals surface area contributed by atoms with E-state index in [0.29, 0.717) is 18.1 Å². The molecule has 0 aliphatic rings. The SMILES string of the molecule is CCN(C(=O)c1cnc(N(C)CCc2ccncc2)nc1)c1cccc(C)c1. The van der Waals surface area contributed by atoms with Crippen molar-refractivity contribution in [3.8, 4) is 0 Å². The highest BCUT2D eigenvalue weighted by Crippen LogP contribution is 2.18. The quantitative estimate of drug-likeness (QED) is 0.632. The summed E-state index contributed by atoms with van der Waals surface area (Å²) in [7, 11) is 1.95. The van der Waals surface area contributed by atoms with Gasteiger partial charge < -0.3 is 9.80 Å². The summed E-state index contributed by atoms with van der Waals surface area (Å²) in [5, 5.41) is 0. The second kappa shape index (κ2) is 9.08. The summed E-state index contributed by atoms with van der Waals surface area (Å²) in [5.41, 5.74) is 3.69. The standard InChI is InChI=1S/C22H25N5O/c1-4-27(20-7-5-6-17(2)14-20)21(28)19-15-24-22(25-16-19)26(3)13-10-18-8-11-23-12-9-18/h5-9,11-12,14-16H,4,10,13H2,1-3H3. The maximum atomic E-state index is 12.9. The van der Waals surface area contributed by atoms with Crippen LogP contribution < -0.4 is 9.80 Å². The van der Waals surface area contributed by atoms with Gasteiger partial charge in [-0.15, -0.1) is 0 Å². The zero-order valence-corrected chi connectivity index (χ0v) is 16.5. The minimum Gasteiger partial charge on any atom is -0.344 e. The van der Waals surface area contributed by atoms with Gasteiger partial charge in [-0.2, -0.15) is 0 Å². The summed E-state index contributed by atoms with van der Waals surface area (Å²) < 4.78 is 0. The number of aryl methyl sites for hydroxylation is 1. The van der Waals surface area contributed by atoms with E-state index in [2.05, 4.69) is 15.0 Å². The van der Waals surface area contributed by atoms with Gasteiger partial charge in [0.1, 0.15) is 0 Å². The van der Waals surface area contributed by atoms with Crippen LogP contribution in [0, 0.1) is 6.92 Å². The van der Waals surface area contributed by atoms with E-state index < -0.39 is 0 Å². The van der Waals surface area contributed by atoms with Crippen molar-refractivity contribution in [1.29, 1.82) is 0 Å². The molecule has 2 heterocycles. The molecule has 28 heavy (non-hydrogen) atoms. The van der Waals surface area contributed by atoms with E-state index in [1.165, 1.54) is 5.56 Å². The number of carbonyl (C=O) groups excluding carboxylic acids is 1. The Morgan fingerprint density at radius 1 is 1.07 bits per heavy atom. The molecule has 0 spiro atoms. The van der Waals surface area contributed by atoms with Gasteiger partial charge in [-0.3, -0.25) is 9.78 Å². The van der Waals surface area contributed by atoms with Crippen LogP contribution in [-0.4, -0.2) is 41.0 Å². The van der Waals surface area contributed by atoms with Crippen LogP contribution in [0.5, 0.6) is 0 Å². The van der Waals surface area contributed by atoms with Gasteiger partial charge in [0.05, 0.1) is 5.56 Å². The number of carbonyl (C=O) groups is 1. The molecule has 0 aliphatic carbocycles. The summed E-state index contributed by atoms with van der Waals surface area (Å²) in [6, 6.07) is 11.9. The summed E-state index contributed by atoms with van der Waals surface area (Å²) in [4.78, 5) is 29.4. The molecule has 3 aromatic rings. The zero-order chi connectivity index (χ0) is 19.9. The van der Waals surface area contributed by atoms with Gasteiger partial charge in [0.25, 0.3) is 5.91 Å². The fraction of sp³-hybridized carbons (Fsp3) is 0.273. The molecular formula is C22H25N5O. The van der Waals surface area contributed by atoms with E-state index in [-0.39, 0.29) is 5.91 Å². The van der Waals surface area contributed by atoms with Crippen molar-refractivity contribution in [2.24, 2.45) is 0 Å². The molecule has 0 radical (unpaired) electrons. The molecule has 0 aliphatic heterocycles. The molecule has 1 aromatic carbocycles. The molecule has 6 heteroatoms. The Kier molecular flexibility index (Phi) is 6.32. The van der Waals surface area contributed by atoms with E-state index in [1.807, 2.05) is 62.2 Å². The van der Waals surface area contributed by atoms with Crippen molar-refractivity contribution in [2.45, 2.75) is 20.3 Å². The number of pyridine rings is 1. The molecule has 0 bridgehead atoms. The maximum absolute atomic E-state index is 12.9. The first-order chi connectivity index (χ1) is 13.6. The number of benzene rings is 1. The highest BCUT2D eigenvalue weighted by atomic mass is 16.2. The molecule has 1 amide bonds. The van der Waals surface area contributed by atoms with Crippen molar-refractivity contribution < 1.29 is 4.79 Å². The van der Waals surface area contributed by atoms with Crippen LogP contribution >= 0.6 is 0 Å². The van der Waals surface area contributed by atoms with Gasteiger partial charge >= 0.3 is 0 Å². The zero-order valence-electron chi connectivity index (χ0n) is 16.5. The third-order valence-corrected chi connectivity index (χ3v) is 4.59. The van der Waals surface area contributed by atoms with Crippen molar-refractivity contribution in [3.05, 3.63) is 77.9 Å². The van der Waals surface area contributed by atoms with Gasteiger partial charge in [-0.25, -0.2) is 9.97 Å². The third kappa shape index (κ3) is 4.71. The Morgan fingerprint density at radius 3 is 2.43 bits per heavy atom. The minimum atomic E-state index is -0.0981. The van der Waals surface area contributed by atoms with Gasteiger partial charge in [-0.1, -0.05) is 12.1 Å². The summed E-state index contributed by atoms with van der Waals surface area (Å²) >= 11 is 0. The first-order valence-corrected chi connectivity index (χ1v) is 9.39. The monoisotopic (exact) mass is 375 g/mol. The van der Waals surface area contributed by atoms with Crippen LogP contribution in [0.1, 0.15) is 28.4 Å². The Bertz CT molecular complexity index is 912. The summed E-state index contributed by atoms with van der Waals surface area (Å²) in [6.45, 7) is 5.33. The number of hydrogen-bond donors (Lipinski definition) is 0. The predicted molar refractivity (Wildman–Crippen MR) is 112 cm³/mol. The van der Waals surface area contributed by atoms with Crippen LogP contribution in [0.15, 0.2) is 61.2 Å². The predicted octanol–water partition coefficient (Wildman–Crippen LogP) is 3.53. The topological polar surface area (TPSA) is 62.2 Å². The molecule has 0 unspecified atom stereocenters. The number of anilines is 2. The second-order valence-corrected chi connectivity index (χ2v) is 6.69. The van der Waals surface area contributed by atoms with Crippen molar-refractivity contribution in [2.75, 3.05) is 29.9 Å². The number of nitrogens with zero attached hydrogens (tertiary/aromatic N) is 5. The highest BCUT2D eigenvalue weighted by Gasteiger charge is 2.17. The van der Waals surface area contributed by atoms with Gasteiger partial charge in [0.15, 0.2) is 0 Å². The molecule has 0 N–H and O–H groups in total. The minimum absolute atomic E-state index is 0.0981. The lowest BCUT2D eigenvalue weighted by Gasteiger charge is -2.22. The van der Waals surface area contributed by atoms with E-state index in [1.54, 1.807) is 29.7 Å². The second-order valence-electron chi connectivity index (χ2n) is 6.69. The largest absolute Gasteiger partial charge is 0.344 e. The molecule has 144 valence electrons. The van der Waals surface area contributed by atoms with Crippen LogP contribution in [0.3, 0.4) is 0 Å². The number of rotatable bonds is 7. The first kappa shape index (κ1) is 19.5. The van der Waals surface area contributed by atoms with Crippen LogP contribution in [0.25, 0.3) is 0 Å². The van der Waals surface area contributed by atoms with Crippen molar-refractivity contribution in [1.82, 2.24) is 15.0 Å². The van der Waals surface area contributed by atoms with Crippen LogP contribution in [0.2, 0.25) is 0 Å². The first-order valence-electron chi connectivity index (χ1n) is 9.39. The fourth-order valence-electron chi connectivity index (χ4n) is 2.97. The normalized spacial score (nSPS) is 10.5. The van der Waals surface area contributed by atoms with Gasteiger partial charge in [0.2, 0.25) is 5.95 Å². The lowest BCUT2D eigenvalue weighted by atomic mass is 10.2. The number of aromatic nitrogens is 3. The summed E-state index contributed by atoms with van der Waals surface area (Å²) in [6.07, 6.45) is 7.66. The van der Waals surface area contributed by atoms with E-state index in [9.17, 15) is 4.79 Å². The maximum Gasteiger partial charge on any atom is 0.261 e. The van der Waals surface area contributed by atoms with E-state index in [0.717, 1.165) is 24.2 Å². The highest BCUT2D eigenvalue weighted by molar-refractivity contribution is 6.05. The van der Waals surface area contributed by atoms with Gasteiger partial charge in [-0.05, 0) is 55.7 Å². The molecular weight excluding hydrogens is 350 g/mol. The van der Waals surface area contributed by atoms with Crippen LogP contribution in [0.4, 0.5) is 11.6 Å². The number of amides is 1. The Hall–Kier alpha value is -3.28. The van der Waals surface area contributed by atoms with Gasteiger partial charge in [0, 0.05) is 50.6 Å². The fourth-order valence-corrected chi connectivity index (χ4v) is 2.97. The van der Waals surface area contributed by atoms with Crippen LogP contribution in [-0.2, 0) is 6.42 Å². The Balaban J connectivity index is 1.68. The Labute approximate surface area is 165 Å². The van der Waals surface area contributed by atoms with Crippen molar-refractivity contribution in [3.63, 3.8) is 0 Å². The third-order valence-electron chi connectivity index (χ3n) is 4.59. The lowest BCUT2D eigenvalue weighted by Crippen LogP contribution is -2.31. The van der Waals surface area contributed by atoms with Crippen molar-refractivity contribution >= 4 is 17.5 Å². The average molecular weight is 375 g/mol. The van der Waals surface area contributed by atoms with E-state index in [4.69, 9.17) is 0 Å².